The van der Waals surface area contributed by atoms with Crippen LogP contribution in [0.4, 0.5) is 0 Å². The van der Waals surface area contributed by atoms with E-state index < -0.39 is 55.3 Å². The summed E-state index contributed by atoms with van der Waals surface area (Å²) in [6.07, 6.45) is -5.64. The molecule has 0 unspecified atom stereocenters. The first-order valence-electron chi connectivity index (χ1n) is 11.1. The highest BCUT2D eigenvalue weighted by molar-refractivity contribution is 5.02. The first-order chi connectivity index (χ1) is 14.6. The van der Waals surface area contributed by atoms with Gasteiger partial charge in [0.05, 0.1) is 26.4 Å². The summed E-state index contributed by atoms with van der Waals surface area (Å²) in [5.74, 6) is 1.59. The second kappa shape index (κ2) is 8.75. The van der Waals surface area contributed by atoms with Crippen molar-refractivity contribution in [3.8, 4) is 0 Å². The summed E-state index contributed by atoms with van der Waals surface area (Å²) in [7, 11) is 0. The molecule has 0 aromatic heterocycles. The zero-order valence-electron chi connectivity index (χ0n) is 18.0. The predicted molar refractivity (Wildman–Crippen MR) is 104 cm³/mol. The molecule has 6 N–H and O–H groups in total. The largest absolute Gasteiger partial charge is 0.393 e. The van der Waals surface area contributed by atoms with Crippen LogP contribution >= 0.6 is 0 Å². The van der Waals surface area contributed by atoms with E-state index >= 15 is 0 Å². The topological polar surface area (TPSA) is 158 Å². The molecule has 2 bridgehead atoms. The quantitative estimate of drug-likeness (QED) is 0.266. The van der Waals surface area contributed by atoms with Crippen LogP contribution < -0.4 is 0 Å². The standard InChI is InChI=1S/C21H36O10/c1-20(2)11-4-3-10(5-11)12(20)6-28-18-16(25)15(24)14(23)13(31-18)7-29-19-17(26)21(27,8-22)9-30-19/h10-19,22-27H,3-9H2,1-2H3/t10-,11+,12-,13-,14-,15+,16-,17+,18-,19-,21-/m0/s1. The van der Waals surface area contributed by atoms with E-state index in [1.807, 2.05) is 0 Å². The molecular weight excluding hydrogens is 412 g/mol. The van der Waals surface area contributed by atoms with Gasteiger partial charge in [0.25, 0.3) is 0 Å². The highest BCUT2D eigenvalue weighted by Gasteiger charge is 2.54. The smallest absolute Gasteiger partial charge is 0.186 e. The van der Waals surface area contributed by atoms with Crippen LogP contribution in [-0.4, -0.2) is 106 Å². The van der Waals surface area contributed by atoms with Gasteiger partial charge in [-0.3, -0.25) is 0 Å². The van der Waals surface area contributed by atoms with Crippen molar-refractivity contribution in [1.29, 1.82) is 0 Å². The molecule has 2 heterocycles. The van der Waals surface area contributed by atoms with Crippen LogP contribution in [0.15, 0.2) is 0 Å². The highest BCUT2D eigenvalue weighted by atomic mass is 16.7. The molecule has 0 amide bonds. The number of hydrogen-bond acceptors (Lipinski definition) is 10. The van der Waals surface area contributed by atoms with E-state index in [1.165, 1.54) is 19.3 Å². The molecule has 11 atom stereocenters. The van der Waals surface area contributed by atoms with E-state index in [0.29, 0.717) is 24.4 Å². The number of aliphatic hydroxyl groups excluding tert-OH is 5. The average molecular weight is 449 g/mol. The molecule has 4 aliphatic rings. The molecule has 31 heavy (non-hydrogen) atoms. The maximum atomic E-state index is 10.4. The molecule has 4 fully saturated rings. The predicted octanol–water partition coefficient (Wildman–Crippen LogP) is -1.66. The van der Waals surface area contributed by atoms with Crippen molar-refractivity contribution < 1.29 is 49.6 Å². The minimum atomic E-state index is -1.83. The lowest BCUT2D eigenvalue weighted by Gasteiger charge is -2.43. The van der Waals surface area contributed by atoms with Crippen LogP contribution in [0.2, 0.25) is 0 Å². The zero-order valence-corrected chi connectivity index (χ0v) is 18.0. The molecule has 180 valence electrons. The summed E-state index contributed by atoms with van der Waals surface area (Å²) >= 11 is 0. The third-order valence-electron chi connectivity index (χ3n) is 8.16. The molecule has 2 saturated heterocycles. The van der Waals surface area contributed by atoms with Crippen LogP contribution in [0, 0.1) is 23.2 Å². The number of fused-ring (bicyclic) bond motifs is 2. The molecule has 0 aromatic carbocycles. The fourth-order valence-corrected chi connectivity index (χ4v) is 5.83. The van der Waals surface area contributed by atoms with Gasteiger partial charge in [-0.1, -0.05) is 13.8 Å². The first kappa shape index (κ1) is 23.7. The first-order valence-corrected chi connectivity index (χ1v) is 11.1. The SMILES string of the molecule is CC1(C)[C@@H]2CC[C@@H](C2)[C@@H]1CO[C@H]1O[C@@H](CO[C@H]2OC[C@@](O)(CO)[C@@H]2O)[C@H](O)[C@@H](O)[C@@H]1O. The van der Waals surface area contributed by atoms with Gasteiger partial charge in [0, 0.05) is 0 Å². The Bertz CT molecular complexity index is 631. The number of ether oxygens (including phenoxy) is 4. The van der Waals surface area contributed by atoms with Gasteiger partial charge in [-0.05, 0) is 42.4 Å². The third kappa shape index (κ3) is 4.16. The van der Waals surface area contributed by atoms with Crippen molar-refractivity contribution in [2.75, 3.05) is 26.4 Å². The zero-order chi connectivity index (χ0) is 22.6. The normalized spacial score (nSPS) is 51.5. The van der Waals surface area contributed by atoms with E-state index in [4.69, 9.17) is 18.9 Å². The lowest BCUT2D eigenvalue weighted by Crippen LogP contribution is -2.60. The minimum absolute atomic E-state index is 0.141. The lowest BCUT2D eigenvalue weighted by atomic mass is 9.69. The summed E-state index contributed by atoms with van der Waals surface area (Å²) < 4.78 is 22.2. The molecule has 4 rings (SSSR count). The number of aliphatic hydroxyl groups is 6. The average Bonchev–Trinajstić information content (AvgIpc) is 3.40. The Morgan fingerprint density at radius 3 is 2.26 bits per heavy atom. The van der Waals surface area contributed by atoms with E-state index in [1.54, 1.807) is 0 Å². The van der Waals surface area contributed by atoms with Crippen molar-refractivity contribution in [3.05, 3.63) is 0 Å². The van der Waals surface area contributed by atoms with Crippen LogP contribution in [0.3, 0.4) is 0 Å². The molecule has 2 aliphatic heterocycles. The lowest BCUT2D eigenvalue weighted by molar-refractivity contribution is -0.313. The van der Waals surface area contributed by atoms with Crippen LogP contribution in [-0.2, 0) is 18.9 Å². The van der Waals surface area contributed by atoms with Crippen LogP contribution in [0.25, 0.3) is 0 Å². The van der Waals surface area contributed by atoms with Gasteiger partial charge in [-0.15, -0.1) is 0 Å². The van der Waals surface area contributed by atoms with Gasteiger partial charge in [0.15, 0.2) is 12.6 Å². The highest BCUT2D eigenvalue weighted by Crippen LogP contribution is 2.59. The molecule has 2 aliphatic carbocycles. The van der Waals surface area contributed by atoms with E-state index in [0.717, 1.165) is 0 Å². The van der Waals surface area contributed by atoms with E-state index in [2.05, 4.69) is 13.8 Å². The Morgan fingerprint density at radius 2 is 1.65 bits per heavy atom. The van der Waals surface area contributed by atoms with E-state index in [-0.39, 0.29) is 18.6 Å². The third-order valence-corrected chi connectivity index (χ3v) is 8.16. The molecule has 10 nitrogen and oxygen atoms in total. The Balaban J connectivity index is 1.33. The summed E-state index contributed by atoms with van der Waals surface area (Å²) in [6.45, 7) is 3.60. The summed E-state index contributed by atoms with van der Waals surface area (Å²) in [5.41, 5.74) is -1.69. The number of hydrogen-bond donors (Lipinski definition) is 6. The monoisotopic (exact) mass is 448 g/mol. The van der Waals surface area contributed by atoms with Crippen molar-refractivity contribution in [2.24, 2.45) is 23.2 Å². The van der Waals surface area contributed by atoms with Crippen molar-refractivity contribution in [1.82, 2.24) is 0 Å². The molecule has 2 saturated carbocycles. The maximum absolute atomic E-state index is 10.4. The maximum Gasteiger partial charge on any atom is 0.186 e. The van der Waals surface area contributed by atoms with Gasteiger partial charge >= 0.3 is 0 Å². The Morgan fingerprint density at radius 1 is 0.935 bits per heavy atom. The van der Waals surface area contributed by atoms with Gasteiger partial charge in [-0.25, -0.2) is 0 Å². The van der Waals surface area contributed by atoms with Crippen molar-refractivity contribution >= 4 is 0 Å². The Hall–Kier alpha value is -0.400. The van der Waals surface area contributed by atoms with Crippen molar-refractivity contribution in [2.45, 2.75) is 81.8 Å². The molecule has 10 heteroatoms. The Kier molecular flexibility index (Phi) is 6.70. The second-order valence-electron chi connectivity index (χ2n) is 10.3. The minimum Gasteiger partial charge on any atom is -0.393 e. The summed E-state index contributed by atoms with van der Waals surface area (Å²) in [4.78, 5) is 0. The van der Waals surface area contributed by atoms with Gasteiger partial charge in [0.1, 0.15) is 36.1 Å². The van der Waals surface area contributed by atoms with Crippen LogP contribution in [0.5, 0.6) is 0 Å². The van der Waals surface area contributed by atoms with Crippen molar-refractivity contribution in [3.63, 3.8) is 0 Å². The molecule has 0 aromatic rings. The second-order valence-corrected chi connectivity index (χ2v) is 10.3. The van der Waals surface area contributed by atoms with Gasteiger partial charge in [0.2, 0.25) is 0 Å². The summed E-state index contributed by atoms with van der Waals surface area (Å²) in [5, 5.41) is 60.3. The van der Waals surface area contributed by atoms with Crippen LogP contribution in [0.1, 0.15) is 33.1 Å². The fourth-order valence-electron chi connectivity index (χ4n) is 5.83. The molecular formula is C21H36O10. The molecule has 0 spiro atoms. The molecule has 0 radical (unpaired) electrons. The fraction of sp³-hybridized carbons (Fsp3) is 1.00. The summed E-state index contributed by atoms with van der Waals surface area (Å²) in [6, 6.07) is 0. The van der Waals surface area contributed by atoms with Gasteiger partial charge in [-0.2, -0.15) is 0 Å². The number of rotatable bonds is 7. The van der Waals surface area contributed by atoms with Gasteiger partial charge < -0.3 is 49.6 Å². The Labute approximate surface area is 181 Å². The van der Waals surface area contributed by atoms with E-state index in [9.17, 15) is 30.6 Å².